The minimum atomic E-state index is -2.75. The van der Waals surface area contributed by atoms with Crippen molar-refractivity contribution in [1.82, 2.24) is 45.3 Å². The van der Waals surface area contributed by atoms with Gasteiger partial charge in [0.05, 0.1) is 36.5 Å². The van der Waals surface area contributed by atoms with E-state index in [-0.39, 0.29) is 47.5 Å². The van der Waals surface area contributed by atoms with Gasteiger partial charge in [-0.05, 0) is 86.4 Å². The highest BCUT2D eigenvalue weighted by molar-refractivity contribution is 6.23. The first-order chi connectivity index (χ1) is 33.0. The number of carbonyl (C=O) groups excluding carboxylic acids is 6. The predicted molar refractivity (Wildman–Crippen MR) is 246 cm³/mol. The number of hydrogen-bond donors (Lipinski definition) is 4. The number of urea groups is 1. The van der Waals surface area contributed by atoms with Crippen LogP contribution in [0.5, 0.6) is 0 Å². The molecule has 5 aliphatic rings. The Morgan fingerprint density at radius 1 is 0.912 bits per heavy atom. The van der Waals surface area contributed by atoms with Crippen molar-refractivity contribution in [2.75, 3.05) is 56.7 Å². The van der Waals surface area contributed by atoms with Crippen molar-refractivity contribution in [3.8, 4) is 11.1 Å². The molecule has 360 valence electrons. The van der Waals surface area contributed by atoms with E-state index >= 15 is 0 Å². The number of anilines is 3. The standard InChI is InChI=1S/C48H57F2N11O7/c1-51-48(67)57-19-13-38-37(28-57)44(56-61(38)32-14-21-68-22-15-32)59-18-6-7-29-23-34(35(43(49)50)25-40(29)59)30-26-54-58(27-30)20-17-53-41(62)8-4-2-3-5-16-52-31-9-10-33-36(24-31)47(66)60(46(33)65)39-11-12-42(63)55-45(39)64/h9-10,23-27,32,39,43,52H,2-8,11-22,28H2,1H3,(H,51,67)(H,53,62)(H,55,63,64). The number of carbonyl (C=O) groups is 6. The van der Waals surface area contributed by atoms with Crippen LogP contribution in [0.2, 0.25) is 0 Å². The number of rotatable bonds is 16. The van der Waals surface area contributed by atoms with Gasteiger partial charge in [-0.15, -0.1) is 0 Å². The van der Waals surface area contributed by atoms with Crippen molar-refractivity contribution >= 4 is 52.8 Å². The number of unbranched alkanes of at least 4 members (excludes halogenated alkanes) is 3. The van der Waals surface area contributed by atoms with Crippen LogP contribution in [0.25, 0.3) is 11.1 Å². The zero-order valence-corrected chi connectivity index (χ0v) is 38.2. The number of benzene rings is 2. The van der Waals surface area contributed by atoms with E-state index in [1.165, 1.54) is 0 Å². The Labute approximate surface area is 392 Å². The number of ether oxygens (including phenoxy) is 1. The van der Waals surface area contributed by atoms with Crippen molar-refractivity contribution in [2.24, 2.45) is 0 Å². The van der Waals surface area contributed by atoms with Crippen LogP contribution in [-0.2, 0) is 45.1 Å². The molecule has 1 unspecified atom stereocenters. The molecule has 4 aromatic rings. The average molecular weight is 938 g/mol. The highest BCUT2D eigenvalue weighted by atomic mass is 19.3. The second-order valence-electron chi connectivity index (χ2n) is 18.0. The molecule has 68 heavy (non-hydrogen) atoms. The van der Waals surface area contributed by atoms with Crippen LogP contribution in [-0.4, -0.2) is 117 Å². The molecule has 2 saturated heterocycles. The van der Waals surface area contributed by atoms with Gasteiger partial charge in [-0.1, -0.05) is 12.8 Å². The highest BCUT2D eigenvalue weighted by Crippen LogP contribution is 2.44. The number of aryl methyl sites for hydroxylation is 1. The molecular formula is C48H57F2N11O7. The lowest BCUT2D eigenvalue weighted by Gasteiger charge is -2.33. The summed E-state index contributed by atoms with van der Waals surface area (Å²) in [6, 6.07) is 7.35. The maximum Gasteiger partial charge on any atom is 0.317 e. The number of alkyl halides is 2. The molecule has 1 atom stereocenters. The van der Waals surface area contributed by atoms with Gasteiger partial charge >= 0.3 is 6.03 Å². The van der Waals surface area contributed by atoms with E-state index < -0.39 is 36.1 Å². The summed E-state index contributed by atoms with van der Waals surface area (Å²) in [5.74, 6) is -1.54. The number of nitrogens with one attached hydrogen (secondary N) is 4. The van der Waals surface area contributed by atoms with Gasteiger partial charge in [0.25, 0.3) is 18.2 Å². The third-order valence-corrected chi connectivity index (χ3v) is 13.7. The molecule has 2 aromatic carbocycles. The number of imide groups is 2. The second kappa shape index (κ2) is 20.3. The van der Waals surface area contributed by atoms with E-state index in [1.54, 1.807) is 53.3 Å². The van der Waals surface area contributed by atoms with Gasteiger partial charge in [-0.25, -0.2) is 13.6 Å². The van der Waals surface area contributed by atoms with E-state index in [0.29, 0.717) is 106 Å². The average Bonchev–Trinajstić information content (AvgIpc) is 4.04. The van der Waals surface area contributed by atoms with Gasteiger partial charge in [-0.2, -0.15) is 10.2 Å². The summed E-state index contributed by atoms with van der Waals surface area (Å²) in [6.45, 7) is 4.16. The molecule has 7 heterocycles. The molecule has 18 nitrogen and oxygen atoms in total. The molecule has 5 aliphatic heterocycles. The Morgan fingerprint density at radius 2 is 1.72 bits per heavy atom. The number of amides is 7. The van der Waals surface area contributed by atoms with Gasteiger partial charge < -0.3 is 30.5 Å². The lowest BCUT2D eigenvalue weighted by atomic mass is 9.92. The molecule has 0 bridgehead atoms. The first-order valence-electron chi connectivity index (χ1n) is 23.7. The van der Waals surface area contributed by atoms with Crippen molar-refractivity contribution < 1.29 is 42.3 Å². The zero-order chi connectivity index (χ0) is 47.5. The molecule has 2 fully saturated rings. The molecule has 0 radical (unpaired) electrons. The number of aromatic nitrogens is 4. The SMILES string of the molecule is CNC(=O)N1CCc2c(c(N3CCCc4cc(-c5cnn(CCNC(=O)CCCCCCNc6ccc7c(c6)C(=O)N(C6CCC(=O)NC6=O)C7=O)c5)c(C(F)F)cc43)nn2C2CCOCC2)C1. The quantitative estimate of drug-likeness (QED) is 0.0828. The summed E-state index contributed by atoms with van der Waals surface area (Å²) >= 11 is 0. The van der Waals surface area contributed by atoms with Crippen LogP contribution in [0.4, 0.5) is 30.8 Å². The third-order valence-electron chi connectivity index (χ3n) is 13.7. The first kappa shape index (κ1) is 46.4. The molecule has 2 aromatic heterocycles. The van der Waals surface area contributed by atoms with Crippen LogP contribution in [0.3, 0.4) is 0 Å². The van der Waals surface area contributed by atoms with E-state index in [9.17, 15) is 37.5 Å². The Morgan fingerprint density at radius 3 is 2.51 bits per heavy atom. The normalized spacial score (nSPS) is 18.4. The fraction of sp³-hybridized carbons (Fsp3) is 0.500. The lowest BCUT2D eigenvalue weighted by Crippen LogP contribution is -2.54. The van der Waals surface area contributed by atoms with Crippen LogP contribution in [0.1, 0.15) is 120 Å². The molecule has 0 aliphatic carbocycles. The molecular weight excluding hydrogens is 881 g/mol. The van der Waals surface area contributed by atoms with Gasteiger partial charge in [0.15, 0.2) is 5.82 Å². The van der Waals surface area contributed by atoms with E-state index in [1.807, 2.05) is 6.07 Å². The van der Waals surface area contributed by atoms with Crippen LogP contribution < -0.4 is 26.2 Å². The summed E-state index contributed by atoms with van der Waals surface area (Å²) in [7, 11) is 1.62. The largest absolute Gasteiger partial charge is 0.385 e. The summed E-state index contributed by atoms with van der Waals surface area (Å²) in [5, 5.41) is 20.8. The van der Waals surface area contributed by atoms with Gasteiger partial charge in [-0.3, -0.25) is 43.6 Å². The number of piperidine rings is 1. The van der Waals surface area contributed by atoms with Gasteiger partial charge in [0, 0.05) is 106 Å². The van der Waals surface area contributed by atoms with Crippen molar-refractivity contribution in [3.05, 3.63) is 76.2 Å². The molecule has 4 N–H and O–H groups in total. The smallest absolute Gasteiger partial charge is 0.317 e. The summed E-state index contributed by atoms with van der Waals surface area (Å²) in [6.07, 6.45) is 8.14. The summed E-state index contributed by atoms with van der Waals surface area (Å²) in [5.41, 5.74) is 5.70. The Hall–Kier alpha value is -6.70. The number of fused-ring (bicyclic) bond motifs is 3. The monoisotopic (exact) mass is 937 g/mol. The maximum absolute atomic E-state index is 15.0. The Kier molecular flexibility index (Phi) is 13.8. The van der Waals surface area contributed by atoms with Gasteiger partial charge in [0.2, 0.25) is 17.7 Å². The van der Waals surface area contributed by atoms with E-state index in [2.05, 4.69) is 35.9 Å². The minimum Gasteiger partial charge on any atom is -0.385 e. The lowest BCUT2D eigenvalue weighted by molar-refractivity contribution is -0.136. The fourth-order valence-corrected chi connectivity index (χ4v) is 10.1. The van der Waals surface area contributed by atoms with E-state index in [0.717, 1.165) is 60.2 Å². The van der Waals surface area contributed by atoms with Gasteiger partial charge in [0.1, 0.15) is 6.04 Å². The number of nitrogens with zero attached hydrogens (tertiary/aromatic N) is 7. The highest BCUT2D eigenvalue weighted by Gasteiger charge is 2.45. The fourth-order valence-electron chi connectivity index (χ4n) is 10.1. The topological polar surface area (TPSA) is 205 Å². The summed E-state index contributed by atoms with van der Waals surface area (Å²) < 4.78 is 39.4. The first-order valence-corrected chi connectivity index (χ1v) is 23.7. The molecule has 0 saturated carbocycles. The molecule has 7 amide bonds. The number of halogens is 2. The molecule has 0 spiro atoms. The van der Waals surface area contributed by atoms with Crippen LogP contribution >= 0.6 is 0 Å². The molecule has 9 rings (SSSR count). The van der Waals surface area contributed by atoms with Crippen molar-refractivity contribution in [2.45, 2.75) is 109 Å². The number of hydrogen-bond acceptors (Lipinski definition) is 11. The zero-order valence-electron chi connectivity index (χ0n) is 38.2. The Bertz CT molecular complexity index is 2610. The predicted octanol–water partition coefficient (Wildman–Crippen LogP) is 5.40. The van der Waals surface area contributed by atoms with Crippen LogP contribution in [0, 0.1) is 0 Å². The molecule has 20 heteroatoms. The third kappa shape index (κ3) is 9.55. The van der Waals surface area contributed by atoms with Crippen molar-refractivity contribution in [3.63, 3.8) is 0 Å². The van der Waals surface area contributed by atoms with E-state index in [4.69, 9.17) is 9.84 Å². The van der Waals surface area contributed by atoms with Crippen molar-refractivity contribution in [1.29, 1.82) is 0 Å². The second-order valence-corrected chi connectivity index (χ2v) is 18.0. The minimum absolute atomic E-state index is 0.0573. The summed E-state index contributed by atoms with van der Waals surface area (Å²) in [4.78, 5) is 80.2. The Balaban J connectivity index is 0.751. The maximum atomic E-state index is 15.0. The van der Waals surface area contributed by atoms with Crippen LogP contribution in [0.15, 0.2) is 42.7 Å².